The van der Waals surface area contributed by atoms with Crippen LogP contribution in [0.5, 0.6) is 5.75 Å². The fourth-order valence-corrected chi connectivity index (χ4v) is 4.65. The van der Waals surface area contributed by atoms with Crippen LogP contribution in [0, 0.1) is 17.8 Å². The maximum atomic E-state index is 5.26. The fourth-order valence-electron chi connectivity index (χ4n) is 4.65. The summed E-state index contributed by atoms with van der Waals surface area (Å²) in [6, 6.07) is 8.74. The number of hydrogen-bond acceptors (Lipinski definition) is 1. The molecule has 3 rings (SSSR count). The van der Waals surface area contributed by atoms with Crippen molar-refractivity contribution in [2.45, 2.75) is 57.3 Å². The zero-order valence-corrected chi connectivity index (χ0v) is 14.0. The summed E-state index contributed by atoms with van der Waals surface area (Å²) in [5.74, 6) is 4.52. The molecule has 0 spiro atoms. The van der Waals surface area contributed by atoms with Crippen LogP contribution in [0.3, 0.4) is 0 Å². The minimum Gasteiger partial charge on any atom is -0.497 e. The maximum Gasteiger partial charge on any atom is 0.118 e. The quantitative estimate of drug-likeness (QED) is 0.623. The molecule has 2 fully saturated rings. The summed E-state index contributed by atoms with van der Waals surface area (Å²) in [4.78, 5) is 0. The third-order valence-corrected chi connectivity index (χ3v) is 6.18. The van der Waals surface area contributed by atoms with Gasteiger partial charge in [-0.05, 0) is 92.7 Å². The highest BCUT2D eigenvalue weighted by molar-refractivity contribution is 5.29. The van der Waals surface area contributed by atoms with Crippen molar-refractivity contribution in [3.05, 3.63) is 42.5 Å². The van der Waals surface area contributed by atoms with E-state index < -0.39 is 0 Å². The SMILES string of the molecule is C=CC1CCC(C2CCC(c3ccc(OC)cc3)CC2)CC1. The van der Waals surface area contributed by atoms with E-state index >= 15 is 0 Å². The minimum atomic E-state index is 0.770. The van der Waals surface area contributed by atoms with Crippen molar-refractivity contribution in [2.75, 3.05) is 7.11 Å². The first-order valence-corrected chi connectivity index (χ1v) is 9.06. The molecule has 120 valence electrons. The number of benzene rings is 1. The summed E-state index contributed by atoms with van der Waals surface area (Å²) in [5.41, 5.74) is 1.51. The molecule has 0 aromatic heterocycles. The molecule has 2 saturated carbocycles. The number of methoxy groups -OCH3 is 1. The number of ether oxygens (including phenoxy) is 1. The van der Waals surface area contributed by atoms with Crippen LogP contribution in [0.1, 0.15) is 62.8 Å². The smallest absolute Gasteiger partial charge is 0.118 e. The Bertz CT molecular complexity index is 459. The molecule has 0 unspecified atom stereocenters. The molecule has 0 heterocycles. The van der Waals surface area contributed by atoms with Crippen molar-refractivity contribution in [3.8, 4) is 5.75 Å². The highest BCUT2D eigenvalue weighted by atomic mass is 16.5. The molecular formula is C21H30O. The topological polar surface area (TPSA) is 9.23 Å². The first-order valence-electron chi connectivity index (χ1n) is 9.06. The van der Waals surface area contributed by atoms with Crippen molar-refractivity contribution >= 4 is 0 Å². The average molecular weight is 298 g/mol. The van der Waals surface area contributed by atoms with E-state index in [-0.39, 0.29) is 0 Å². The molecule has 1 aromatic carbocycles. The van der Waals surface area contributed by atoms with Crippen LogP contribution in [-0.2, 0) is 0 Å². The summed E-state index contributed by atoms with van der Waals surface area (Å²) >= 11 is 0. The molecule has 1 heteroatoms. The Morgan fingerprint density at radius 3 is 1.91 bits per heavy atom. The van der Waals surface area contributed by atoms with Crippen LogP contribution in [-0.4, -0.2) is 7.11 Å². The van der Waals surface area contributed by atoms with Gasteiger partial charge in [0.25, 0.3) is 0 Å². The Balaban J connectivity index is 1.50. The highest BCUT2D eigenvalue weighted by Crippen LogP contribution is 2.44. The largest absolute Gasteiger partial charge is 0.497 e. The molecule has 0 bridgehead atoms. The van der Waals surface area contributed by atoms with Crippen LogP contribution in [0.15, 0.2) is 36.9 Å². The number of allylic oxidation sites excluding steroid dienone is 1. The van der Waals surface area contributed by atoms with E-state index in [4.69, 9.17) is 4.74 Å². The molecule has 1 aromatic rings. The van der Waals surface area contributed by atoms with E-state index in [9.17, 15) is 0 Å². The molecule has 1 nitrogen and oxygen atoms in total. The van der Waals surface area contributed by atoms with Gasteiger partial charge >= 0.3 is 0 Å². The Morgan fingerprint density at radius 1 is 0.864 bits per heavy atom. The second-order valence-electron chi connectivity index (χ2n) is 7.30. The molecule has 0 saturated heterocycles. The molecular weight excluding hydrogens is 268 g/mol. The predicted molar refractivity (Wildman–Crippen MR) is 93.3 cm³/mol. The first kappa shape index (κ1) is 15.6. The fraction of sp³-hybridized carbons (Fsp3) is 0.619. The van der Waals surface area contributed by atoms with Crippen LogP contribution < -0.4 is 4.74 Å². The van der Waals surface area contributed by atoms with E-state index in [2.05, 4.69) is 36.9 Å². The molecule has 0 radical (unpaired) electrons. The third kappa shape index (κ3) is 3.56. The van der Waals surface area contributed by atoms with Gasteiger partial charge in [0.2, 0.25) is 0 Å². The lowest BCUT2D eigenvalue weighted by atomic mass is 9.68. The van der Waals surface area contributed by atoms with Crippen molar-refractivity contribution in [1.29, 1.82) is 0 Å². The Kier molecular flexibility index (Phi) is 5.23. The van der Waals surface area contributed by atoms with Gasteiger partial charge in [0.15, 0.2) is 0 Å². The second kappa shape index (κ2) is 7.35. The minimum absolute atomic E-state index is 0.770. The monoisotopic (exact) mass is 298 g/mol. The average Bonchev–Trinajstić information content (AvgIpc) is 2.62. The Morgan fingerprint density at radius 2 is 1.41 bits per heavy atom. The van der Waals surface area contributed by atoms with E-state index in [1.807, 2.05) is 0 Å². The number of hydrogen-bond donors (Lipinski definition) is 0. The zero-order chi connectivity index (χ0) is 15.4. The van der Waals surface area contributed by atoms with E-state index in [1.54, 1.807) is 7.11 Å². The predicted octanol–water partition coefficient (Wildman–Crippen LogP) is 5.96. The number of rotatable bonds is 4. The molecule has 0 aliphatic heterocycles. The van der Waals surface area contributed by atoms with E-state index in [1.165, 1.54) is 56.9 Å². The van der Waals surface area contributed by atoms with Gasteiger partial charge in [-0.25, -0.2) is 0 Å². The van der Waals surface area contributed by atoms with Gasteiger partial charge in [-0.3, -0.25) is 0 Å². The Hall–Kier alpha value is -1.24. The van der Waals surface area contributed by atoms with Crippen LogP contribution in [0.2, 0.25) is 0 Å². The van der Waals surface area contributed by atoms with Gasteiger partial charge in [0.05, 0.1) is 7.11 Å². The molecule has 0 atom stereocenters. The van der Waals surface area contributed by atoms with Crippen molar-refractivity contribution in [3.63, 3.8) is 0 Å². The molecule has 0 amide bonds. The maximum absolute atomic E-state index is 5.26. The van der Waals surface area contributed by atoms with Crippen LogP contribution in [0.25, 0.3) is 0 Å². The van der Waals surface area contributed by atoms with Crippen LogP contribution >= 0.6 is 0 Å². The lowest BCUT2D eigenvalue weighted by molar-refractivity contribution is 0.171. The van der Waals surface area contributed by atoms with Gasteiger partial charge in [-0.2, -0.15) is 0 Å². The summed E-state index contributed by atoms with van der Waals surface area (Å²) in [6.45, 7) is 3.97. The Labute approximate surface area is 135 Å². The molecule has 22 heavy (non-hydrogen) atoms. The van der Waals surface area contributed by atoms with Gasteiger partial charge in [0, 0.05) is 0 Å². The first-order chi connectivity index (χ1) is 10.8. The molecule has 2 aliphatic carbocycles. The second-order valence-corrected chi connectivity index (χ2v) is 7.30. The van der Waals surface area contributed by atoms with E-state index in [0.29, 0.717) is 0 Å². The highest BCUT2D eigenvalue weighted by Gasteiger charge is 2.30. The summed E-state index contributed by atoms with van der Waals surface area (Å²) in [7, 11) is 1.74. The third-order valence-electron chi connectivity index (χ3n) is 6.18. The van der Waals surface area contributed by atoms with Gasteiger partial charge in [-0.15, -0.1) is 6.58 Å². The molecule has 2 aliphatic rings. The van der Waals surface area contributed by atoms with Crippen molar-refractivity contribution < 1.29 is 4.74 Å². The van der Waals surface area contributed by atoms with Crippen LogP contribution in [0.4, 0.5) is 0 Å². The summed E-state index contributed by atoms with van der Waals surface area (Å²) < 4.78 is 5.26. The van der Waals surface area contributed by atoms with Gasteiger partial charge < -0.3 is 4.74 Å². The van der Waals surface area contributed by atoms with Gasteiger partial charge in [-0.1, -0.05) is 18.2 Å². The summed E-state index contributed by atoms with van der Waals surface area (Å²) in [6.07, 6.45) is 13.4. The normalized spacial score (nSPS) is 32.4. The zero-order valence-electron chi connectivity index (χ0n) is 14.0. The van der Waals surface area contributed by atoms with Crippen molar-refractivity contribution in [1.82, 2.24) is 0 Å². The molecule has 0 N–H and O–H groups in total. The summed E-state index contributed by atoms with van der Waals surface area (Å²) in [5, 5.41) is 0. The van der Waals surface area contributed by atoms with E-state index in [0.717, 1.165) is 29.4 Å². The standard InChI is InChI=1S/C21H30O/c1-3-16-4-6-17(7-5-16)18-8-10-19(11-9-18)20-12-14-21(22-2)15-13-20/h3,12-19H,1,4-11H2,2H3. The van der Waals surface area contributed by atoms with Crippen molar-refractivity contribution in [2.24, 2.45) is 17.8 Å². The van der Waals surface area contributed by atoms with Gasteiger partial charge in [0.1, 0.15) is 5.75 Å². The lowest BCUT2D eigenvalue weighted by Gasteiger charge is -2.37. The lowest BCUT2D eigenvalue weighted by Crippen LogP contribution is -2.25.